The van der Waals surface area contributed by atoms with Gasteiger partial charge < -0.3 is 20.4 Å². The summed E-state index contributed by atoms with van der Waals surface area (Å²) >= 11 is 0. The summed E-state index contributed by atoms with van der Waals surface area (Å²) in [6.45, 7) is 25.6. The standard InChI is InChI=1S/C54H88F2O4/c1-33(23-24-54(25-26-54)44-19-21-45(57)22-20-44)48-36(4)42(28-46(38(48)6)47-29-43(47)32-53(9,55)56)27-39-15-17-41(18-16-39)49(58)34(2)30-52(7,8)31-35(3)50(59)51(60)37(5)40-13-11-10-12-14-40/h33,36,38-42,44-46,48-51,57-60H,2-3,5,10-32H2,1,4,6-9H3. The normalized spacial score (nSPS) is 34.7. The van der Waals surface area contributed by atoms with Crippen molar-refractivity contribution < 1.29 is 29.2 Å². The second-order valence-corrected chi connectivity index (χ2v) is 23.4. The van der Waals surface area contributed by atoms with Crippen LogP contribution in [0.4, 0.5) is 8.78 Å². The number of rotatable bonds is 20. The highest BCUT2D eigenvalue weighted by Gasteiger charge is 2.51. The van der Waals surface area contributed by atoms with Gasteiger partial charge in [0.25, 0.3) is 0 Å². The van der Waals surface area contributed by atoms with Crippen molar-refractivity contribution in [2.24, 2.45) is 70.0 Å². The van der Waals surface area contributed by atoms with Crippen LogP contribution < -0.4 is 0 Å². The Morgan fingerprint density at radius 3 is 2.02 bits per heavy atom. The van der Waals surface area contributed by atoms with Crippen molar-refractivity contribution in [3.8, 4) is 0 Å². The van der Waals surface area contributed by atoms with Gasteiger partial charge in [-0.1, -0.05) is 97.6 Å². The minimum absolute atomic E-state index is 0.0736. The maximum Gasteiger partial charge on any atom is 0.249 e. The Bertz CT molecular complexity index is 1500. The summed E-state index contributed by atoms with van der Waals surface area (Å²) in [5.74, 6) is 2.54. The summed E-state index contributed by atoms with van der Waals surface area (Å²) < 4.78 is 28.4. The highest BCUT2D eigenvalue weighted by Crippen LogP contribution is 2.61. The molecule has 0 aromatic heterocycles. The van der Waals surface area contributed by atoms with E-state index < -0.39 is 24.2 Å². The molecule has 9 atom stereocenters. The van der Waals surface area contributed by atoms with E-state index in [1.807, 2.05) is 0 Å². The maximum atomic E-state index is 14.2. The topological polar surface area (TPSA) is 80.9 Å². The molecule has 0 aliphatic heterocycles. The second kappa shape index (κ2) is 19.8. The molecule has 0 bridgehead atoms. The second-order valence-electron chi connectivity index (χ2n) is 23.4. The van der Waals surface area contributed by atoms with E-state index >= 15 is 0 Å². The Labute approximate surface area is 365 Å². The molecular formula is C54H88F2O4. The molecule has 0 radical (unpaired) electrons. The van der Waals surface area contributed by atoms with Crippen LogP contribution in [-0.2, 0) is 0 Å². The van der Waals surface area contributed by atoms with Crippen LogP contribution in [-0.4, -0.2) is 50.8 Å². The molecule has 0 aromatic carbocycles. The van der Waals surface area contributed by atoms with E-state index in [-0.39, 0.29) is 29.8 Å². The van der Waals surface area contributed by atoms with Crippen LogP contribution in [0.3, 0.4) is 0 Å². The first-order valence-electron chi connectivity index (χ1n) is 25.0. The van der Waals surface area contributed by atoms with Gasteiger partial charge in [0.15, 0.2) is 0 Å². The van der Waals surface area contributed by atoms with Gasteiger partial charge in [-0.2, -0.15) is 0 Å². The van der Waals surface area contributed by atoms with Gasteiger partial charge in [0.05, 0.1) is 12.2 Å². The van der Waals surface area contributed by atoms with Crippen LogP contribution in [0.25, 0.3) is 0 Å². The molecule has 0 aromatic rings. The van der Waals surface area contributed by atoms with Crippen LogP contribution in [0.5, 0.6) is 0 Å². The van der Waals surface area contributed by atoms with Gasteiger partial charge in [-0.3, -0.25) is 0 Å². The number of aliphatic hydroxyl groups excluding tert-OH is 4. The maximum absolute atomic E-state index is 14.2. The molecule has 0 heterocycles. The van der Waals surface area contributed by atoms with Gasteiger partial charge in [0, 0.05) is 6.42 Å². The number of halogens is 2. The third-order valence-corrected chi connectivity index (χ3v) is 18.1. The van der Waals surface area contributed by atoms with Crippen LogP contribution >= 0.6 is 0 Å². The molecule has 0 saturated heterocycles. The molecule has 60 heavy (non-hydrogen) atoms. The van der Waals surface area contributed by atoms with Crippen molar-refractivity contribution in [2.75, 3.05) is 0 Å². The Morgan fingerprint density at radius 1 is 0.800 bits per heavy atom. The van der Waals surface area contributed by atoms with Gasteiger partial charge in [0.1, 0.15) is 12.2 Å². The van der Waals surface area contributed by atoms with E-state index in [4.69, 9.17) is 0 Å². The van der Waals surface area contributed by atoms with Crippen molar-refractivity contribution >= 4 is 0 Å². The Kier molecular flexibility index (Phi) is 15.9. The van der Waals surface area contributed by atoms with Crippen molar-refractivity contribution in [3.05, 3.63) is 47.6 Å². The highest BCUT2D eigenvalue weighted by atomic mass is 19.3. The Balaban J connectivity index is 1.02. The fraction of sp³-hybridized carbons (Fsp3) is 0.852. The quantitative estimate of drug-likeness (QED) is 0.0921. The Hall–Kier alpha value is -1.34. The van der Waals surface area contributed by atoms with Gasteiger partial charge in [-0.25, -0.2) is 8.78 Å². The van der Waals surface area contributed by atoms with Gasteiger partial charge in [-0.15, -0.1) is 0 Å². The van der Waals surface area contributed by atoms with E-state index in [0.717, 1.165) is 107 Å². The largest absolute Gasteiger partial charge is 0.393 e. The van der Waals surface area contributed by atoms with E-state index in [0.29, 0.717) is 65.3 Å². The van der Waals surface area contributed by atoms with Gasteiger partial charge in [-0.05, 0) is 203 Å². The summed E-state index contributed by atoms with van der Waals surface area (Å²) in [4.78, 5) is 0. The number of aliphatic hydroxyl groups is 4. The minimum atomic E-state index is -2.64. The predicted molar refractivity (Wildman–Crippen MR) is 243 cm³/mol. The lowest BCUT2D eigenvalue weighted by Gasteiger charge is -2.49. The lowest BCUT2D eigenvalue weighted by Crippen LogP contribution is -2.42. The molecule has 6 rings (SSSR count). The zero-order valence-electron chi connectivity index (χ0n) is 39.0. The summed E-state index contributed by atoms with van der Waals surface area (Å²) in [5.41, 5.74) is 4.83. The molecule has 4 nitrogen and oxygen atoms in total. The fourth-order valence-corrected chi connectivity index (χ4v) is 14.3. The van der Waals surface area contributed by atoms with E-state index in [1.54, 1.807) is 0 Å². The average molecular weight is 839 g/mol. The molecule has 6 aliphatic rings. The van der Waals surface area contributed by atoms with Crippen molar-refractivity contribution in [1.82, 2.24) is 0 Å². The van der Waals surface area contributed by atoms with E-state index in [2.05, 4.69) is 54.4 Å². The molecule has 342 valence electrons. The lowest BCUT2D eigenvalue weighted by atomic mass is 9.56. The fourth-order valence-electron chi connectivity index (χ4n) is 14.3. The first kappa shape index (κ1) is 48.1. The van der Waals surface area contributed by atoms with Crippen LogP contribution in [0.2, 0.25) is 0 Å². The molecule has 5 saturated carbocycles. The Morgan fingerprint density at radius 2 is 1.42 bits per heavy atom. The number of allylic oxidation sites excluding steroid dienone is 2. The van der Waals surface area contributed by atoms with Crippen molar-refractivity contribution in [3.63, 3.8) is 0 Å². The summed E-state index contributed by atoms with van der Waals surface area (Å²) in [5, 5.41) is 43.9. The molecule has 5 fully saturated rings. The molecular weight excluding hydrogens is 751 g/mol. The van der Waals surface area contributed by atoms with Crippen molar-refractivity contribution in [1.29, 1.82) is 0 Å². The van der Waals surface area contributed by atoms with Gasteiger partial charge in [0.2, 0.25) is 5.92 Å². The van der Waals surface area contributed by atoms with Crippen LogP contribution in [0.1, 0.15) is 189 Å². The van der Waals surface area contributed by atoms with Gasteiger partial charge >= 0.3 is 0 Å². The number of alkyl halides is 2. The zero-order chi connectivity index (χ0) is 43.7. The first-order chi connectivity index (χ1) is 28.2. The molecule has 9 unspecified atom stereocenters. The van der Waals surface area contributed by atoms with E-state index in [1.165, 1.54) is 56.9 Å². The van der Waals surface area contributed by atoms with Crippen molar-refractivity contribution in [2.45, 2.75) is 220 Å². The number of hydrogen-bond donors (Lipinski definition) is 4. The molecule has 6 aliphatic carbocycles. The summed E-state index contributed by atoms with van der Waals surface area (Å²) in [7, 11) is 0. The minimum Gasteiger partial charge on any atom is -0.393 e. The third kappa shape index (κ3) is 12.1. The monoisotopic (exact) mass is 839 g/mol. The molecule has 4 N–H and O–H groups in total. The molecule has 6 heteroatoms. The van der Waals surface area contributed by atoms with E-state index in [9.17, 15) is 29.2 Å². The molecule has 0 spiro atoms. The summed E-state index contributed by atoms with van der Waals surface area (Å²) in [6.07, 6.45) is 20.9. The number of hydrogen-bond acceptors (Lipinski definition) is 4. The molecule has 0 amide bonds. The predicted octanol–water partition coefficient (Wildman–Crippen LogP) is 13.3. The lowest BCUT2D eigenvalue weighted by molar-refractivity contribution is 0.0116. The zero-order valence-corrected chi connectivity index (χ0v) is 39.0. The third-order valence-electron chi connectivity index (χ3n) is 18.1. The summed E-state index contributed by atoms with van der Waals surface area (Å²) in [6, 6.07) is 0. The first-order valence-corrected chi connectivity index (χ1v) is 25.0. The average Bonchev–Trinajstić information content (AvgIpc) is 4.14. The SMILES string of the molecule is C=C(CC(C)(C)CC(=C)C(O)C(O)C(=C)C1CCCCC1)C(O)C1CCC(CC2CC(C3=C(CC(C)(F)F)C3)C(C)C(C(C)CCC3(C4CCC(O)CC4)CC3)C2C)CC1. The van der Waals surface area contributed by atoms with Crippen LogP contribution in [0.15, 0.2) is 47.6 Å². The smallest absolute Gasteiger partial charge is 0.249 e. The van der Waals surface area contributed by atoms with Crippen LogP contribution in [0, 0.1) is 70.0 Å². The highest BCUT2D eigenvalue weighted by molar-refractivity contribution is 5.39.